The van der Waals surface area contributed by atoms with Gasteiger partial charge in [0.25, 0.3) is 0 Å². The molecular weight excluding hydrogens is 188 g/mol. The van der Waals surface area contributed by atoms with Gasteiger partial charge in [0.05, 0.1) is 12.6 Å². The van der Waals surface area contributed by atoms with E-state index in [0.717, 1.165) is 12.1 Å². The molecule has 1 aromatic carbocycles. The van der Waals surface area contributed by atoms with E-state index in [1.165, 1.54) is 5.56 Å². The smallest absolute Gasteiger partial charge is 0.129 e. The van der Waals surface area contributed by atoms with Gasteiger partial charge in [0.1, 0.15) is 5.84 Å². The Bertz CT molecular complexity index is 376. The number of hydrogen-bond acceptors (Lipinski definition) is 2. The summed E-state index contributed by atoms with van der Waals surface area (Å²) in [5, 5.41) is 8.07. The maximum atomic E-state index is 8.07. The molecule has 1 aliphatic heterocycles. The summed E-state index contributed by atoms with van der Waals surface area (Å²) >= 11 is 0. The molecule has 1 N–H and O–H groups in total. The van der Waals surface area contributed by atoms with Crippen molar-refractivity contribution in [2.24, 2.45) is 0 Å². The molecule has 0 saturated heterocycles. The molecule has 0 aliphatic carbocycles. The lowest BCUT2D eigenvalue weighted by atomic mass is 10.1. The van der Waals surface area contributed by atoms with Crippen molar-refractivity contribution in [3.05, 3.63) is 35.4 Å². The Hall–Kier alpha value is -1.35. The molecule has 0 amide bonds. The molecule has 3 nitrogen and oxygen atoms in total. The van der Waals surface area contributed by atoms with Gasteiger partial charge in [-0.3, -0.25) is 5.41 Å². The second-order valence-electron chi connectivity index (χ2n) is 3.94. The molecule has 0 unspecified atom stereocenters. The average molecular weight is 204 g/mol. The van der Waals surface area contributed by atoms with Crippen molar-refractivity contribution in [1.29, 1.82) is 5.41 Å². The van der Waals surface area contributed by atoms with Crippen LogP contribution in [0.5, 0.6) is 0 Å². The van der Waals surface area contributed by atoms with Crippen molar-refractivity contribution >= 4 is 5.84 Å². The number of hydrogen-bond donors (Lipinski definition) is 1. The maximum absolute atomic E-state index is 8.07. The van der Waals surface area contributed by atoms with Gasteiger partial charge in [0.15, 0.2) is 0 Å². The van der Waals surface area contributed by atoms with Crippen molar-refractivity contribution in [3.63, 3.8) is 0 Å². The zero-order valence-electron chi connectivity index (χ0n) is 9.16. The largest absolute Gasteiger partial charge is 0.383 e. The standard InChI is InChI=1S/C12H16N2O/c1-9(8-15-2)14-7-10-5-3-4-6-11(10)12(14)13/h3-6,9,13H,7-8H2,1-2H3/t9-/m0/s1. The molecule has 0 fully saturated rings. The van der Waals surface area contributed by atoms with E-state index in [1.54, 1.807) is 7.11 Å². The van der Waals surface area contributed by atoms with Crippen LogP contribution in [-0.4, -0.2) is 30.5 Å². The predicted octanol–water partition coefficient (Wildman–Crippen LogP) is 1.86. The van der Waals surface area contributed by atoms with Crippen LogP contribution in [0.4, 0.5) is 0 Å². The monoisotopic (exact) mass is 204 g/mol. The van der Waals surface area contributed by atoms with Crippen molar-refractivity contribution in [2.75, 3.05) is 13.7 Å². The van der Waals surface area contributed by atoms with E-state index in [-0.39, 0.29) is 6.04 Å². The number of ether oxygens (including phenoxy) is 1. The quantitative estimate of drug-likeness (QED) is 0.815. The Morgan fingerprint density at radius 3 is 2.87 bits per heavy atom. The summed E-state index contributed by atoms with van der Waals surface area (Å²) in [6.07, 6.45) is 0. The van der Waals surface area contributed by atoms with Crippen LogP contribution in [0.15, 0.2) is 24.3 Å². The fraction of sp³-hybridized carbons (Fsp3) is 0.417. The molecule has 80 valence electrons. The van der Waals surface area contributed by atoms with Gasteiger partial charge in [-0.2, -0.15) is 0 Å². The third-order valence-electron chi connectivity index (χ3n) is 2.84. The molecule has 1 atom stereocenters. The van der Waals surface area contributed by atoms with E-state index in [9.17, 15) is 0 Å². The Balaban J connectivity index is 2.20. The number of amidine groups is 1. The minimum atomic E-state index is 0.259. The second-order valence-corrected chi connectivity index (χ2v) is 3.94. The predicted molar refractivity (Wildman–Crippen MR) is 60.2 cm³/mol. The van der Waals surface area contributed by atoms with E-state index in [0.29, 0.717) is 12.4 Å². The number of benzene rings is 1. The van der Waals surface area contributed by atoms with Gasteiger partial charge in [-0.05, 0) is 12.5 Å². The first kappa shape index (κ1) is 10.2. The number of nitrogens with zero attached hydrogens (tertiary/aromatic N) is 1. The topological polar surface area (TPSA) is 36.3 Å². The highest BCUT2D eigenvalue weighted by atomic mass is 16.5. The molecule has 0 spiro atoms. The zero-order valence-corrected chi connectivity index (χ0v) is 9.16. The molecule has 0 bridgehead atoms. The van der Waals surface area contributed by atoms with Crippen LogP contribution >= 0.6 is 0 Å². The Morgan fingerprint density at radius 2 is 2.20 bits per heavy atom. The fourth-order valence-electron chi connectivity index (χ4n) is 2.01. The van der Waals surface area contributed by atoms with Gasteiger partial charge in [0, 0.05) is 19.2 Å². The lowest BCUT2D eigenvalue weighted by Gasteiger charge is -2.25. The molecular formula is C12H16N2O. The molecule has 15 heavy (non-hydrogen) atoms. The summed E-state index contributed by atoms with van der Waals surface area (Å²) in [7, 11) is 1.70. The fourth-order valence-corrected chi connectivity index (χ4v) is 2.01. The molecule has 1 aliphatic rings. The van der Waals surface area contributed by atoms with Crippen LogP contribution in [-0.2, 0) is 11.3 Å². The van der Waals surface area contributed by atoms with E-state index >= 15 is 0 Å². The minimum Gasteiger partial charge on any atom is -0.383 e. The number of rotatable bonds is 3. The first-order valence-electron chi connectivity index (χ1n) is 5.16. The lowest BCUT2D eigenvalue weighted by molar-refractivity contribution is 0.135. The first-order chi connectivity index (χ1) is 7.24. The molecule has 1 aromatic rings. The van der Waals surface area contributed by atoms with Gasteiger partial charge in [-0.1, -0.05) is 24.3 Å². The summed E-state index contributed by atoms with van der Waals surface area (Å²) in [5.41, 5.74) is 2.30. The van der Waals surface area contributed by atoms with E-state index in [1.807, 2.05) is 18.2 Å². The molecule has 3 heteroatoms. The van der Waals surface area contributed by atoms with Gasteiger partial charge >= 0.3 is 0 Å². The highest BCUT2D eigenvalue weighted by molar-refractivity contribution is 6.00. The molecule has 0 aromatic heterocycles. The zero-order chi connectivity index (χ0) is 10.8. The van der Waals surface area contributed by atoms with Crippen LogP contribution in [0.2, 0.25) is 0 Å². The van der Waals surface area contributed by atoms with Crippen molar-refractivity contribution in [3.8, 4) is 0 Å². The molecule has 2 rings (SSSR count). The number of nitrogens with one attached hydrogen (secondary N) is 1. The third-order valence-corrected chi connectivity index (χ3v) is 2.84. The van der Waals surface area contributed by atoms with Crippen molar-refractivity contribution < 1.29 is 4.74 Å². The third kappa shape index (κ3) is 1.75. The van der Waals surface area contributed by atoms with Crippen molar-refractivity contribution in [2.45, 2.75) is 19.5 Å². The number of fused-ring (bicyclic) bond motifs is 1. The summed E-state index contributed by atoms with van der Waals surface area (Å²) in [6.45, 7) is 3.58. The molecule has 1 heterocycles. The maximum Gasteiger partial charge on any atom is 0.129 e. The lowest BCUT2D eigenvalue weighted by Crippen LogP contribution is -2.36. The van der Waals surface area contributed by atoms with Gasteiger partial charge in [0.2, 0.25) is 0 Å². The van der Waals surface area contributed by atoms with Crippen LogP contribution in [0.25, 0.3) is 0 Å². The van der Waals surface area contributed by atoms with Gasteiger partial charge < -0.3 is 9.64 Å². The van der Waals surface area contributed by atoms with E-state index in [2.05, 4.69) is 17.9 Å². The SMILES string of the molecule is COC[C@H](C)N1Cc2ccccc2C1=N. The second kappa shape index (κ2) is 4.03. The summed E-state index contributed by atoms with van der Waals surface area (Å²) in [5.74, 6) is 0.621. The molecule has 0 saturated carbocycles. The normalized spacial score (nSPS) is 16.7. The van der Waals surface area contributed by atoms with Crippen LogP contribution in [0, 0.1) is 5.41 Å². The van der Waals surface area contributed by atoms with E-state index < -0.39 is 0 Å². The summed E-state index contributed by atoms with van der Waals surface area (Å²) < 4.78 is 5.12. The Kier molecular flexibility index (Phi) is 2.73. The Labute approximate surface area is 90.2 Å². The highest BCUT2D eigenvalue weighted by Crippen LogP contribution is 2.23. The van der Waals surface area contributed by atoms with Crippen molar-refractivity contribution in [1.82, 2.24) is 4.90 Å². The number of methoxy groups -OCH3 is 1. The van der Waals surface area contributed by atoms with Crippen LogP contribution < -0.4 is 0 Å². The summed E-state index contributed by atoms with van der Waals surface area (Å²) in [6, 6.07) is 8.37. The average Bonchev–Trinajstić information content (AvgIpc) is 2.57. The van der Waals surface area contributed by atoms with Gasteiger partial charge in [-0.25, -0.2) is 0 Å². The van der Waals surface area contributed by atoms with Crippen LogP contribution in [0.1, 0.15) is 18.1 Å². The molecule has 0 radical (unpaired) electrons. The summed E-state index contributed by atoms with van der Waals surface area (Å²) in [4.78, 5) is 2.08. The highest BCUT2D eigenvalue weighted by Gasteiger charge is 2.26. The minimum absolute atomic E-state index is 0.259. The van der Waals surface area contributed by atoms with Gasteiger partial charge in [-0.15, -0.1) is 0 Å². The van der Waals surface area contributed by atoms with Crippen LogP contribution in [0.3, 0.4) is 0 Å². The first-order valence-corrected chi connectivity index (χ1v) is 5.16. The Morgan fingerprint density at radius 1 is 1.47 bits per heavy atom. The van der Waals surface area contributed by atoms with E-state index in [4.69, 9.17) is 10.1 Å².